The summed E-state index contributed by atoms with van der Waals surface area (Å²) in [6.07, 6.45) is -0.792. The number of amides is 1. The first-order valence-electron chi connectivity index (χ1n) is 6.89. The van der Waals surface area contributed by atoms with E-state index in [1.165, 1.54) is 18.2 Å². The summed E-state index contributed by atoms with van der Waals surface area (Å²) in [6, 6.07) is 12.9. The van der Waals surface area contributed by atoms with Crippen molar-refractivity contribution in [2.45, 2.75) is 19.6 Å². The van der Waals surface area contributed by atoms with Gasteiger partial charge in [-0.1, -0.05) is 35.9 Å². The van der Waals surface area contributed by atoms with E-state index in [1.54, 1.807) is 19.1 Å². The van der Waals surface area contributed by atoms with E-state index in [4.69, 9.17) is 16.3 Å². The van der Waals surface area contributed by atoms with Crippen molar-refractivity contribution in [2.75, 3.05) is 0 Å². The predicted octanol–water partition coefficient (Wildman–Crippen LogP) is 3.33. The maximum absolute atomic E-state index is 12.0. The minimum Gasteiger partial charge on any atom is -0.481 e. The minimum atomic E-state index is -0.792. The van der Waals surface area contributed by atoms with Crippen LogP contribution in [0.1, 0.15) is 12.5 Å². The number of nitrogens with zero attached hydrogens (tertiary/aromatic N) is 1. The zero-order valence-corrected chi connectivity index (χ0v) is 13.1. The summed E-state index contributed by atoms with van der Waals surface area (Å²) in [5.41, 5.74) is 0.705. The minimum absolute atomic E-state index is 0.0915. The van der Waals surface area contributed by atoms with Crippen molar-refractivity contribution in [3.05, 3.63) is 69.2 Å². The Balaban J connectivity index is 1.94. The van der Waals surface area contributed by atoms with Crippen LogP contribution in [0.15, 0.2) is 48.5 Å². The highest BCUT2D eigenvalue weighted by molar-refractivity contribution is 6.31. The molecule has 0 bridgehead atoms. The molecule has 0 radical (unpaired) electrons. The van der Waals surface area contributed by atoms with Crippen LogP contribution in [0.2, 0.25) is 5.02 Å². The molecular formula is C16H15ClN2O4. The highest BCUT2D eigenvalue weighted by Gasteiger charge is 2.16. The summed E-state index contributed by atoms with van der Waals surface area (Å²) in [7, 11) is 0. The third-order valence-corrected chi connectivity index (χ3v) is 3.49. The number of hydrogen-bond acceptors (Lipinski definition) is 4. The maximum atomic E-state index is 12.0. The Morgan fingerprint density at radius 1 is 1.30 bits per heavy atom. The van der Waals surface area contributed by atoms with Crippen LogP contribution < -0.4 is 10.1 Å². The van der Waals surface area contributed by atoms with Gasteiger partial charge in [0.25, 0.3) is 11.6 Å². The molecule has 1 amide bonds. The van der Waals surface area contributed by atoms with Crippen LogP contribution in [-0.4, -0.2) is 16.9 Å². The van der Waals surface area contributed by atoms with Crippen LogP contribution in [0.25, 0.3) is 0 Å². The van der Waals surface area contributed by atoms with Gasteiger partial charge in [0.15, 0.2) is 6.10 Å². The average Bonchev–Trinajstić information content (AvgIpc) is 2.54. The van der Waals surface area contributed by atoms with Crippen LogP contribution in [0.5, 0.6) is 5.75 Å². The number of nitro benzene ring substituents is 1. The molecule has 1 N–H and O–H groups in total. The lowest BCUT2D eigenvalue weighted by Crippen LogP contribution is -2.35. The van der Waals surface area contributed by atoms with Crippen molar-refractivity contribution in [1.29, 1.82) is 0 Å². The van der Waals surface area contributed by atoms with Gasteiger partial charge in [-0.15, -0.1) is 0 Å². The number of halogens is 1. The lowest BCUT2D eigenvalue weighted by molar-refractivity contribution is -0.384. The first-order chi connectivity index (χ1) is 11.0. The van der Waals surface area contributed by atoms with Crippen molar-refractivity contribution < 1.29 is 14.5 Å². The number of ether oxygens (including phenoxy) is 1. The summed E-state index contributed by atoms with van der Waals surface area (Å²) in [6.45, 7) is 1.85. The van der Waals surface area contributed by atoms with Gasteiger partial charge in [0, 0.05) is 17.6 Å². The molecule has 0 heterocycles. The van der Waals surface area contributed by atoms with Crippen LogP contribution >= 0.6 is 11.6 Å². The molecule has 0 unspecified atom stereocenters. The number of carbonyl (C=O) groups is 1. The molecule has 23 heavy (non-hydrogen) atoms. The topological polar surface area (TPSA) is 81.5 Å². The fourth-order valence-electron chi connectivity index (χ4n) is 1.90. The number of non-ortho nitro benzene ring substituents is 1. The fourth-order valence-corrected chi connectivity index (χ4v) is 2.10. The van der Waals surface area contributed by atoms with Gasteiger partial charge in [-0.2, -0.15) is 0 Å². The summed E-state index contributed by atoms with van der Waals surface area (Å²) in [5.74, 6) is -0.0731. The molecule has 2 aromatic carbocycles. The Bertz CT molecular complexity index is 721. The van der Waals surface area contributed by atoms with Gasteiger partial charge in [-0.25, -0.2) is 0 Å². The second-order valence-corrected chi connectivity index (χ2v) is 5.23. The lowest BCUT2D eigenvalue weighted by atomic mass is 10.2. The van der Waals surface area contributed by atoms with Crippen molar-refractivity contribution in [3.63, 3.8) is 0 Å². The summed E-state index contributed by atoms with van der Waals surface area (Å²) < 4.78 is 5.44. The Morgan fingerprint density at radius 3 is 2.74 bits per heavy atom. The van der Waals surface area contributed by atoms with E-state index in [9.17, 15) is 14.9 Å². The molecule has 120 valence electrons. The summed E-state index contributed by atoms with van der Waals surface area (Å²) in [4.78, 5) is 22.2. The molecule has 0 aliphatic rings. The Morgan fingerprint density at radius 2 is 2.04 bits per heavy atom. The van der Waals surface area contributed by atoms with Gasteiger partial charge in [0.1, 0.15) is 5.75 Å². The molecule has 0 fully saturated rings. The lowest BCUT2D eigenvalue weighted by Gasteiger charge is -2.15. The Labute approximate surface area is 138 Å². The highest BCUT2D eigenvalue weighted by atomic mass is 35.5. The molecule has 0 aliphatic carbocycles. The highest BCUT2D eigenvalue weighted by Crippen LogP contribution is 2.20. The molecule has 0 aliphatic heterocycles. The number of hydrogen-bond donors (Lipinski definition) is 1. The van der Waals surface area contributed by atoms with Crippen LogP contribution in [0.4, 0.5) is 5.69 Å². The van der Waals surface area contributed by atoms with Gasteiger partial charge < -0.3 is 10.1 Å². The summed E-state index contributed by atoms with van der Waals surface area (Å²) in [5, 5.41) is 14.0. The first kappa shape index (κ1) is 16.8. The van der Waals surface area contributed by atoms with Gasteiger partial charge in [0.2, 0.25) is 0 Å². The third-order valence-electron chi connectivity index (χ3n) is 3.12. The van der Waals surface area contributed by atoms with Crippen LogP contribution in [0, 0.1) is 10.1 Å². The van der Waals surface area contributed by atoms with E-state index in [1.807, 2.05) is 18.2 Å². The third kappa shape index (κ3) is 4.69. The number of benzene rings is 2. The standard InChI is InChI=1S/C16H15ClN2O4/c1-11(23-14-7-4-6-13(9-14)19(21)22)16(20)18-10-12-5-2-3-8-15(12)17/h2-9,11H,10H2,1H3,(H,18,20)/t11-/m0/s1. The van der Waals surface area contributed by atoms with E-state index >= 15 is 0 Å². The molecule has 6 nitrogen and oxygen atoms in total. The number of nitro groups is 1. The summed E-state index contributed by atoms with van der Waals surface area (Å²) >= 11 is 6.02. The van der Waals surface area contributed by atoms with Crippen molar-refractivity contribution in [3.8, 4) is 5.75 Å². The van der Waals surface area contributed by atoms with E-state index in [2.05, 4.69) is 5.32 Å². The molecule has 0 saturated heterocycles. The van der Waals surface area contributed by atoms with E-state index < -0.39 is 11.0 Å². The zero-order chi connectivity index (χ0) is 16.8. The molecule has 2 aromatic rings. The van der Waals surface area contributed by atoms with Crippen molar-refractivity contribution >= 4 is 23.2 Å². The van der Waals surface area contributed by atoms with E-state index in [0.29, 0.717) is 5.02 Å². The van der Waals surface area contributed by atoms with Gasteiger partial charge >= 0.3 is 0 Å². The van der Waals surface area contributed by atoms with Crippen molar-refractivity contribution in [1.82, 2.24) is 5.32 Å². The molecular weight excluding hydrogens is 320 g/mol. The SMILES string of the molecule is C[C@H](Oc1cccc([N+](=O)[O-])c1)C(=O)NCc1ccccc1Cl. The quantitative estimate of drug-likeness (QED) is 0.649. The number of nitrogens with one attached hydrogen (secondary N) is 1. The fraction of sp³-hybridized carbons (Fsp3) is 0.188. The normalized spacial score (nSPS) is 11.6. The zero-order valence-electron chi connectivity index (χ0n) is 12.4. The first-order valence-corrected chi connectivity index (χ1v) is 7.27. The van der Waals surface area contributed by atoms with Gasteiger partial charge in [-0.3, -0.25) is 14.9 Å². The van der Waals surface area contributed by atoms with Crippen LogP contribution in [-0.2, 0) is 11.3 Å². The number of carbonyl (C=O) groups excluding carboxylic acids is 1. The second-order valence-electron chi connectivity index (χ2n) is 4.82. The van der Waals surface area contributed by atoms with Gasteiger partial charge in [0.05, 0.1) is 11.0 Å². The van der Waals surface area contributed by atoms with Crippen molar-refractivity contribution in [2.24, 2.45) is 0 Å². The largest absolute Gasteiger partial charge is 0.481 e. The monoisotopic (exact) mass is 334 g/mol. The molecule has 2 rings (SSSR count). The molecule has 0 saturated carbocycles. The Hall–Kier alpha value is -2.60. The molecule has 1 atom stereocenters. The van der Waals surface area contributed by atoms with E-state index in [-0.39, 0.29) is 23.9 Å². The number of rotatable bonds is 6. The van der Waals surface area contributed by atoms with E-state index in [0.717, 1.165) is 5.56 Å². The van der Waals surface area contributed by atoms with Crippen LogP contribution in [0.3, 0.4) is 0 Å². The average molecular weight is 335 g/mol. The smallest absolute Gasteiger partial charge is 0.273 e. The van der Waals surface area contributed by atoms with Gasteiger partial charge in [-0.05, 0) is 24.6 Å². The molecule has 7 heteroatoms. The molecule has 0 spiro atoms. The molecule has 0 aromatic heterocycles. The maximum Gasteiger partial charge on any atom is 0.273 e. The predicted molar refractivity (Wildman–Crippen MR) is 86.5 cm³/mol. The Kier molecular flexibility index (Phi) is 5.54. The second kappa shape index (κ2) is 7.60.